The molecule has 0 aliphatic rings. The average Bonchev–Trinajstić information content (AvgIpc) is 3.07. The first-order valence-electron chi connectivity index (χ1n) is 9.16. The van der Waals surface area contributed by atoms with Crippen molar-refractivity contribution in [3.63, 3.8) is 0 Å². The number of benzene rings is 2. The normalized spacial score (nSPS) is 11.1. The third-order valence-electron chi connectivity index (χ3n) is 4.56. The molecule has 0 atom stereocenters. The van der Waals surface area contributed by atoms with Crippen LogP contribution in [0.2, 0.25) is 0 Å². The SMILES string of the molecule is Cc1cccc(OCCCn2cnc(-c3ccccc3)c2C(C)C)c1N. The van der Waals surface area contributed by atoms with Gasteiger partial charge >= 0.3 is 0 Å². The van der Waals surface area contributed by atoms with Gasteiger partial charge in [0.2, 0.25) is 0 Å². The summed E-state index contributed by atoms with van der Waals surface area (Å²) in [4.78, 5) is 4.67. The van der Waals surface area contributed by atoms with E-state index in [1.165, 1.54) is 11.3 Å². The van der Waals surface area contributed by atoms with Gasteiger partial charge in [-0.1, -0.05) is 56.3 Å². The van der Waals surface area contributed by atoms with Crippen molar-refractivity contribution in [2.45, 2.75) is 39.7 Å². The molecule has 0 aliphatic heterocycles. The molecule has 0 aliphatic carbocycles. The number of aromatic nitrogens is 2. The lowest BCUT2D eigenvalue weighted by molar-refractivity contribution is 0.302. The Morgan fingerprint density at radius 1 is 1.08 bits per heavy atom. The minimum Gasteiger partial charge on any atom is -0.491 e. The molecule has 3 rings (SSSR count). The molecular formula is C22H27N3O. The molecule has 0 unspecified atom stereocenters. The molecule has 1 aromatic heterocycles. The van der Waals surface area contributed by atoms with Crippen molar-refractivity contribution < 1.29 is 4.74 Å². The van der Waals surface area contributed by atoms with Crippen molar-refractivity contribution >= 4 is 5.69 Å². The molecule has 0 saturated carbocycles. The van der Waals surface area contributed by atoms with Crippen LogP contribution in [0.1, 0.15) is 37.4 Å². The van der Waals surface area contributed by atoms with Crippen molar-refractivity contribution in [2.75, 3.05) is 12.3 Å². The predicted octanol–water partition coefficient (Wildman–Crippen LogP) is 5.03. The van der Waals surface area contributed by atoms with Gasteiger partial charge in [-0.3, -0.25) is 0 Å². The standard InChI is InChI=1S/C22H27N3O/c1-16(2)22-21(18-10-5-4-6-11-18)24-15-25(22)13-8-14-26-19-12-7-9-17(3)20(19)23/h4-7,9-12,15-16H,8,13-14,23H2,1-3H3. The molecule has 4 heteroatoms. The van der Waals surface area contributed by atoms with Gasteiger partial charge in [-0.15, -0.1) is 0 Å². The number of aryl methyl sites for hydroxylation is 2. The topological polar surface area (TPSA) is 53.1 Å². The number of ether oxygens (including phenoxy) is 1. The molecule has 1 heterocycles. The van der Waals surface area contributed by atoms with Gasteiger partial charge in [-0.25, -0.2) is 4.98 Å². The van der Waals surface area contributed by atoms with E-state index in [0.717, 1.165) is 35.7 Å². The van der Waals surface area contributed by atoms with Crippen LogP contribution in [0.3, 0.4) is 0 Å². The van der Waals surface area contributed by atoms with Crippen LogP contribution < -0.4 is 10.5 Å². The van der Waals surface area contributed by atoms with E-state index in [1.807, 2.05) is 37.5 Å². The summed E-state index contributed by atoms with van der Waals surface area (Å²) in [5, 5.41) is 0. The number of para-hydroxylation sites is 1. The number of nitrogens with zero attached hydrogens (tertiary/aromatic N) is 2. The summed E-state index contributed by atoms with van der Waals surface area (Å²) in [5.41, 5.74) is 11.4. The lowest BCUT2D eigenvalue weighted by Gasteiger charge is -2.14. The van der Waals surface area contributed by atoms with Crippen LogP contribution in [-0.2, 0) is 6.54 Å². The Morgan fingerprint density at radius 3 is 2.58 bits per heavy atom. The third-order valence-corrected chi connectivity index (χ3v) is 4.56. The quantitative estimate of drug-likeness (QED) is 0.480. The summed E-state index contributed by atoms with van der Waals surface area (Å²) in [7, 11) is 0. The second kappa shape index (κ2) is 8.09. The average molecular weight is 349 g/mol. The minimum atomic E-state index is 0.404. The Kier molecular flexibility index (Phi) is 5.61. The van der Waals surface area contributed by atoms with E-state index < -0.39 is 0 Å². The van der Waals surface area contributed by atoms with E-state index in [0.29, 0.717) is 12.5 Å². The lowest BCUT2D eigenvalue weighted by atomic mass is 10.0. The highest BCUT2D eigenvalue weighted by molar-refractivity contribution is 5.62. The molecule has 26 heavy (non-hydrogen) atoms. The van der Waals surface area contributed by atoms with Gasteiger partial charge in [0, 0.05) is 17.8 Å². The number of hydrogen-bond acceptors (Lipinski definition) is 3. The van der Waals surface area contributed by atoms with Crippen molar-refractivity contribution in [1.82, 2.24) is 9.55 Å². The molecular weight excluding hydrogens is 322 g/mol. The third kappa shape index (κ3) is 3.90. The van der Waals surface area contributed by atoms with Gasteiger partial charge in [-0.05, 0) is 30.9 Å². The molecule has 0 bridgehead atoms. The fraction of sp³-hybridized carbons (Fsp3) is 0.318. The van der Waals surface area contributed by atoms with Crippen LogP contribution in [0.5, 0.6) is 5.75 Å². The molecule has 0 amide bonds. The monoisotopic (exact) mass is 349 g/mol. The summed E-state index contributed by atoms with van der Waals surface area (Å²) in [6.07, 6.45) is 2.84. The Labute approximate surface area is 155 Å². The van der Waals surface area contributed by atoms with Gasteiger partial charge in [0.15, 0.2) is 0 Å². The van der Waals surface area contributed by atoms with Crippen LogP contribution in [0, 0.1) is 6.92 Å². The number of nitrogens with two attached hydrogens (primary N) is 1. The maximum atomic E-state index is 6.07. The second-order valence-electron chi connectivity index (χ2n) is 6.88. The highest BCUT2D eigenvalue weighted by atomic mass is 16.5. The number of anilines is 1. The zero-order valence-electron chi connectivity index (χ0n) is 15.8. The summed E-state index contributed by atoms with van der Waals surface area (Å²) in [5.74, 6) is 1.17. The van der Waals surface area contributed by atoms with Crippen LogP contribution in [0.25, 0.3) is 11.3 Å². The zero-order chi connectivity index (χ0) is 18.5. The lowest BCUT2D eigenvalue weighted by Crippen LogP contribution is -2.09. The first kappa shape index (κ1) is 18.1. The molecule has 136 valence electrons. The van der Waals surface area contributed by atoms with Gasteiger partial charge in [0.05, 0.1) is 24.3 Å². The molecule has 2 N–H and O–H groups in total. The van der Waals surface area contributed by atoms with Crippen LogP contribution in [0.4, 0.5) is 5.69 Å². The molecule has 3 aromatic rings. The number of rotatable bonds is 7. The van der Waals surface area contributed by atoms with Gasteiger partial charge < -0.3 is 15.0 Å². The van der Waals surface area contributed by atoms with E-state index >= 15 is 0 Å². The van der Waals surface area contributed by atoms with Gasteiger partial charge in [0.25, 0.3) is 0 Å². The molecule has 2 aromatic carbocycles. The van der Waals surface area contributed by atoms with Gasteiger partial charge in [0.1, 0.15) is 5.75 Å². The maximum absolute atomic E-state index is 6.07. The van der Waals surface area contributed by atoms with Gasteiger partial charge in [-0.2, -0.15) is 0 Å². The van der Waals surface area contributed by atoms with E-state index in [-0.39, 0.29) is 0 Å². The molecule has 0 saturated heterocycles. The van der Waals surface area contributed by atoms with Crippen LogP contribution in [-0.4, -0.2) is 16.2 Å². The number of imidazole rings is 1. The van der Waals surface area contributed by atoms with Crippen molar-refractivity contribution in [3.8, 4) is 17.0 Å². The minimum absolute atomic E-state index is 0.404. The molecule has 0 radical (unpaired) electrons. The molecule has 4 nitrogen and oxygen atoms in total. The fourth-order valence-electron chi connectivity index (χ4n) is 3.19. The Bertz CT molecular complexity index is 853. The zero-order valence-corrected chi connectivity index (χ0v) is 15.8. The van der Waals surface area contributed by atoms with Crippen LogP contribution >= 0.6 is 0 Å². The first-order valence-corrected chi connectivity index (χ1v) is 9.16. The van der Waals surface area contributed by atoms with E-state index in [9.17, 15) is 0 Å². The number of hydrogen-bond donors (Lipinski definition) is 1. The van der Waals surface area contributed by atoms with Crippen molar-refractivity contribution in [1.29, 1.82) is 0 Å². The Balaban J connectivity index is 1.67. The van der Waals surface area contributed by atoms with E-state index in [1.54, 1.807) is 0 Å². The van der Waals surface area contributed by atoms with Crippen molar-refractivity contribution in [3.05, 3.63) is 66.1 Å². The summed E-state index contributed by atoms with van der Waals surface area (Å²) < 4.78 is 8.12. The maximum Gasteiger partial charge on any atom is 0.142 e. The Morgan fingerprint density at radius 2 is 1.85 bits per heavy atom. The van der Waals surface area contributed by atoms with E-state index in [4.69, 9.17) is 10.5 Å². The second-order valence-corrected chi connectivity index (χ2v) is 6.88. The summed E-state index contributed by atoms with van der Waals surface area (Å²) in [6.45, 7) is 7.92. The van der Waals surface area contributed by atoms with Crippen LogP contribution in [0.15, 0.2) is 54.9 Å². The fourth-order valence-corrected chi connectivity index (χ4v) is 3.19. The smallest absolute Gasteiger partial charge is 0.142 e. The molecule has 0 spiro atoms. The molecule has 0 fully saturated rings. The first-order chi connectivity index (χ1) is 12.6. The van der Waals surface area contributed by atoms with Crippen molar-refractivity contribution in [2.24, 2.45) is 0 Å². The summed E-state index contributed by atoms with van der Waals surface area (Å²) >= 11 is 0. The predicted molar refractivity (Wildman–Crippen MR) is 107 cm³/mol. The summed E-state index contributed by atoms with van der Waals surface area (Å²) in [6, 6.07) is 16.3. The highest BCUT2D eigenvalue weighted by Gasteiger charge is 2.15. The Hall–Kier alpha value is -2.75. The highest BCUT2D eigenvalue weighted by Crippen LogP contribution is 2.28. The largest absolute Gasteiger partial charge is 0.491 e. The van der Waals surface area contributed by atoms with E-state index in [2.05, 4.69) is 47.7 Å². The number of nitrogen functional groups attached to an aromatic ring is 1.